The van der Waals surface area contributed by atoms with Crippen LogP contribution in [0.3, 0.4) is 0 Å². The number of nitrogens with one attached hydrogen (secondary N) is 4. The Morgan fingerprint density at radius 2 is 0.704 bits per heavy atom. The van der Waals surface area contributed by atoms with E-state index in [-0.39, 0.29) is 61.2 Å². The standard InChI is InChI=1S/C55H41Cl4N17O25S7/c1-19-4-7-23-38(46(19)105(86,87)88)98-42-30(56)36-44(32(58)34(42)62-23)100-41-25(64-36)11-13-28(49(41)108(95,96)97)68-53-70-51(72-55(74-53)76(3)15-17-103(80,81)82)66-22-8-5-20(18-29(22)104(83,84)85)61-50-69-52(73-54(71-50)75(2)14-16-102(77,78)79)67-27-12-10-26-40(48(27)107(92,93)94)101-45-33(59)35-43(31(57)37(45)65-26)99-39-24(63-35)9-6-21(60)47(39)106(89,90)91/h4-13,18H,14-17,60H2,1-3H3,(H,77,78,79)(H,80,81,82)(H,83,84,85)(H,86,87,88)(H,89,90,91)(H,92,93,94)(H,95,96,97)(H2,61,67,69,71,73)(H2,66,68,70,72,74). The highest BCUT2D eigenvalue weighted by Gasteiger charge is 2.38. The summed E-state index contributed by atoms with van der Waals surface area (Å²) < 4.78 is 274. The molecule has 108 heavy (non-hydrogen) atoms. The van der Waals surface area contributed by atoms with E-state index in [1.807, 2.05) is 0 Å². The number of aromatic nitrogens is 6. The van der Waals surface area contributed by atoms with Gasteiger partial charge in [-0.05, 0) is 73.2 Å². The highest BCUT2D eigenvalue weighted by Crippen LogP contribution is 2.52. The van der Waals surface area contributed by atoms with E-state index in [0.717, 1.165) is 58.3 Å². The fourth-order valence-electron chi connectivity index (χ4n) is 10.7. The minimum atomic E-state index is -5.49. The number of aryl methyl sites for hydroxylation is 1. The van der Waals surface area contributed by atoms with Crippen LogP contribution in [0.2, 0.25) is 20.1 Å². The Bertz CT molecular complexity index is 6710. The third-order valence-electron chi connectivity index (χ3n) is 15.4. The van der Waals surface area contributed by atoms with Crippen LogP contribution < -0.4 is 77.2 Å². The lowest BCUT2D eigenvalue weighted by molar-refractivity contribution is 0.427. The lowest BCUT2D eigenvalue weighted by Crippen LogP contribution is -2.27. The van der Waals surface area contributed by atoms with Crippen molar-refractivity contribution in [1.29, 1.82) is 0 Å². The summed E-state index contributed by atoms with van der Waals surface area (Å²) in [6, 6.07) is 12.1. The number of fused-ring (bicyclic) bond motifs is 8. The lowest BCUT2D eigenvalue weighted by atomic mass is 10.1. The van der Waals surface area contributed by atoms with E-state index in [9.17, 15) is 90.8 Å². The fraction of sp³-hybridized carbons (Fsp3) is 0.127. The number of anilines is 11. The number of nitrogens with zero attached hydrogens (tertiary/aromatic N) is 12. The Kier molecular flexibility index (Phi) is 19.1. The first-order valence-electron chi connectivity index (χ1n) is 29.2. The number of rotatable bonds is 21. The maximum absolute atomic E-state index is 13.5. The van der Waals surface area contributed by atoms with Crippen LogP contribution in [-0.2, 0) is 70.8 Å². The molecule has 0 saturated carbocycles. The van der Waals surface area contributed by atoms with E-state index in [1.165, 1.54) is 39.2 Å². The average Bonchev–Trinajstić information content (AvgIpc) is 0.727. The molecule has 0 amide bonds. The molecular weight excluding hydrogens is 1660 g/mol. The molecule has 0 aliphatic carbocycles. The van der Waals surface area contributed by atoms with Gasteiger partial charge in [-0.2, -0.15) is 88.8 Å². The molecule has 0 radical (unpaired) electrons. The van der Waals surface area contributed by atoms with Crippen LogP contribution in [0.4, 0.5) is 86.9 Å². The van der Waals surface area contributed by atoms with Gasteiger partial charge in [0.1, 0.15) is 74.1 Å². The molecule has 0 fully saturated rings. The van der Waals surface area contributed by atoms with E-state index in [1.54, 1.807) is 0 Å². The second-order valence-electron chi connectivity index (χ2n) is 22.9. The minimum Gasteiger partial charge on any atom is -0.450 e. The first kappa shape index (κ1) is 76.3. The third-order valence-corrected chi connectivity index (χ3v) is 22.9. The zero-order chi connectivity index (χ0) is 78.4. The molecule has 0 saturated heterocycles. The van der Waals surface area contributed by atoms with Crippen LogP contribution >= 0.6 is 46.4 Å². The minimum absolute atomic E-state index is 0.0631. The van der Waals surface area contributed by atoms with E-state index < -0.39 is 239 Å². The third kappa shape index (κ3) is 14.9. The predicted molar refractivity (Wildman–Crippen MR) is 379 cm³/mol. The van der Waals surface area contributed by atoms with Gasteiger partial charge in [-0.15, -0.1) is 0 Å². The Morgan fingerprint density at radius 3 is 1.06 bits per heavy atom. The summed E-state index contributed by atoms with van der Waals surface area (Å²) in [7, 11) is -33.2. The van der Waals surface area contributed by atoms with E-state index in [0.29, 0.717) is 0 Å². The van der Waals surface area contributed by atoms with Crippen molar-refractivity contribution >= 4 is 204 Å². The van der Waals surface area contributed by atoms with Crippen molar-refractivity contribution in [2.75, 3.05) is 75.5 Å². The first-order chi connectivity index (χ1) is 50.2. The van der Waals surface area contributed by atoms with Gasteiger partial charge in [0, 0.05) is 32.9 Å². The van der Waals surface area contributed by atoms with Gasteiger partial charge in [0.15, 0.2) is 60.7 Å². The van der Waals surface area contributed by atoms with Gasteiger partial charge in [0.2, 0.25) is 35.7 Å². The van der Waals surface area contributed by atoms with E-state index in [4.69, 9.17) is 71.1 Å². The van der Waals surface area contributed by atoms with Crippen LogP contribution in [0.25, 0.3) is 0 Å². The molecule has 13 N–H and O–H groups in total. The molecule has 0 atom stereocenters. The SMILES string of the molecule is Cc1ccc2c(c1S(=O)(=O)O)Oc1c(Cl)c3c(c(Cl)c1=N2)Oc1c(ccc(Nc2nc(Nc4ccc(Nc5nc(Nc6ccc7c(c6S(=O)(=O)O)Oc6c(Cl)c8c(c(Cl)c6=N7)Oc6c(ccc(N)c6S(=O)(=O)O)N=8)nc(N(C)CCS(=O)(=O)O)n5)cc4S(=O)(=O)O)nc(N(C)CCS(=O)(=O)O)n2)c1S(=O)(=O)O)N=3. The fourth-order valence-corrected chi connectivity index (χ4v) is 16.5. The highest BCUT2D eigenvalue weighted by molar-refractivity contribution is 7.87. The average molecular weight is 1710 g/mol. The zero-order valence-electron chi connectivity index (χ0n) is 53.5. The summed E-state index contributed by atoms with van der Waals surface area (Å²) in [6.45, 7) is 0.258. The van der Waals surface area contributed by atoms with Crippen molar-refractivity contribution in [3.05, 3.63) is 114 Å². The lowest BCUT2D eigenvalue weighted by Gasteiger charge is -2.23. The number of nitrogen functional groups attached to an aromatic ring is 1. The normalized spacial score (nSPS) is 13.5. The number of ether oxygens (including phenoxy) is 4. The summed E-state index contributed by atoms with van der Waals surface area (Å²) in [4.78, 5) is 40.3. The molecular formula is C55H41Cl4N17O25S7. The van der Waals surface area contributed by atoms with Crippen LogP contribution in [0, 0.1) is 6.92 Å². The molecule has 7 aromatic carbocycles. The maximum atomic E-state index is 13.5. The van der Waals surface area contributed by atoms with Crippen molar-refractivity contribution in [2.24, 2.45) is 20.0 Å². The topological polar surface area (TPSA) is 625 Å². The van der Waals surface area contributed by atoms with Gasteiger partial charge < -0.3 is 55.7 Å². The summed E-state index contributed by atoms with van der Waals surface area (Å²) in [6.07, 6.45) is 0. The predicted octanol–water partition coefficient (Wildman–Crippen LogP) is 6.64. The Balaban J connectivity index is 0.842. The number of hydrogen-bond donors (Lipinski definition) is 12. The molecule has 566 valence electrons. The quantitative estimate of drug-likeness (QED) is 0.0265. The molecule has 4 aliphatic rings. The van der Waals surface area contributed by atoms with Crippen molar-refractivity contribution in [2.45, 2.75) is 31.4 Å². The molecule has 9 aromatic rings. The molecule has 6 heterocycles. The number of nitrogens with two attached hydrogens (primary N) is 1. The van der Waals surface area contributed by atoms with Crippen LogP contribution in [0.15, 0.2) is 111 Å². The molecule has 53 heteroatoms. The van der Waals surface area contributed by atoms with Crippen molar-refractivity contribution in [3.63, 3.8) is 0 Å². The molecule has 13 rings (SSSR count). The van der Waals surface area contributed by atoms with Crippen LogP contribution in [0.1, 0.15) is 5.56 Å². The van der Waals surface area contributed by atoms with E-state index >= 15 is 0 Å². The maximum Gasteiger partial charge on any atom is 0.300 e. The van der Waals surface area contributed by atoms with Gasteiger partial charge in [-0.1, -0.05) is 52.5 Å². The summed E-state index contributed by atoms with van der Waals surface area (Å²) in [5, 5.41) is 7.36. The smallest absolute Gasteiger partial charge is 0.300 e. The Labute approximate surface area is 625 Å². The Hall–Kier alpha value is -9.91. The van der Waals surface area contributed by atoms with Gasteiger partial charge in [-0.25, -0.2) is 20.0 Å². The Morgan fingerprint density at radius 1 is 0.389 bits per heavy atom. The molecule has 0 spiro atoms. The first-order valence-corrected chi connectivity index (χ1v) is 41.1. The highest BCUT2D eigenvalue weighted by atomic mass is 35.5. The van der Waals surface area contributed by atoms with Crippen LogP contribution in [-0.4, -0.2) is 159 Å². The second-order valence-corrected chi connectivity index (χ2v) is 34.3. The number of hydrogen-bond acceptors (Lipinski definition) is 35. The monoisotopic (exact) mass is 1700 g/mol. The molecule has 2 aromatic heterocycles. The van der Waals surface area contributed by atoms with Gasteiger partial charge >= 0.3 is 0 Å². The summed E-state index contributed by atoms with van der Waals surface area (Å²) in [5.74, 6) is -9.57. The van der Waals surface area contributed by atoms with Gasteiger partial charge in [-0.3, -0.25) is 31.9 Å². The van der Waals surface area contributed by atoms with Crippen molar-refractivity contribution in [1.82, 2.24) is 29.9 Å². The zero-order valence-corrected chi connectivity index (χ0v) is 62.2. The molecule has 0 unspecified atom stereocenters. The van der Waals surface area contributed by atoms with Crippen molar-refractivity contribution in [3.8, 4) is 46.0 Å². The van der Waals surface area contributed by atoms with Crippen LogP contribution in [0.5, 0.6) is 46.0 Å². The largest absolute Gasteiger partial charge is 0.450 e. The van der Waals surface area contributed by atoms with Crippen molar-refractivity contribution < 1.29 is 110 Å². The van der Waals surface area contributed by atoms with Gasteiger partial charge in [0.05, 0.1) is 34.3 Å². The van der Waals surface area contributed by atoms with E-state index in [2.05, 4.69) is 71.1 Å². The second kappa shape index (κ2) is 27.0. The van der Waals surface area contributed by atoms with Gasteiger partial charge in [0.25, 0.3) is 70.8 Å². The molecule has 42 nitrogen and oxygen atoms in total. The molecule has 4 aliphatic heterocycles. The summed E-state index contributed by atoms with van der Waals surface area (Å²) in [5.41, 5.74) is 2.31. The number of benzene rings is 7. The molecule has 0 bridgehead atoms. The number of halogens is 4. The summed E-state index contributed by atoms with van der Waals surface area (Å²) >= 11 is 27.1.